The predicted molar refractivity (Wildman–Crippen MR) is 76.6 cm³/mol. The molecule has 1 heterocycles. The van der Waals surface area contributed by atoms with E-state index in [2.05, 4.69) is 27.8 Å². The Balaban J connectivity index is 1.77. The third kappa shape index (κ3) is 2.71. The molecule has 1 aliphatic carbocycles. The van der Waals surface area contributed by atoms with Crippen molar-refractivity contribution < 1.29 is 9.50 Å². The van der Waals surface area contributed by atoms with E-state index in [1.165, 1.54) is 18.9 Å². The van der Waals surface area contributed by atoms with Gasteiger partial charge in [0.2, 0.25) is 0 Å². The van der Waals surface area contributed by atoms with Gasteiger partial charge in [-0.15, -0.1) is 0 Å². The van der Waals surface area contributed by atoms with Crippen LogP contribution in [0.5, 0.6) is 0 Å². The van der Waals surface area contributed by atoms with Crippen LogP contribution in [0.3, 0.4) is 0 Å². The quantitative estimate of drug-likeness (QED) is 0.922. The lowest BCUT2D eigenvalue weighted by atomic mass is 9.92. The molecule has 0 amide bonds. The summed E-state index contributed by atoms with van der Waals surface area (Å²) in [6.07, 6.45) is 3.79. The SMILES string of the molecule is CC1CC(O)(Cc2cccc(F)c2Br)CN1C1CC1. The van der Waals surface area contributed by atoms with E-state index in [0.29, 0.717) is 29.5 Å². The van der Waals surface area contributed by atoms with Crippen LogP contribution < -0.4 is 0 Å². The highest BCUT2D eigenvalue weighted by Crippen LogP contribution is 2.39. The fourth-order valence-electron chi connectivity index (χ4n) is 3.29. The minimum atomic E-state index is -0.724. The van der Waals surface area contributed by atoms with E-state index >= 15 is 0 Å². The van der Waals surface area contributed by atoms with Crippen LogP contribution in [0.1, 0.15) is 31.7 Å². The van der Waals surface area contributed by atoms with Gasteiger partial charge in [0.15, 0.2) is 0 Å². The van der Waals surface area contributed by atoms with Gasteiger partial charge in [-0.05, 0) is 53.7 Å². The first-order valence-corrected chi connectivity index (χ1v) is 7.69. The van der Waals surface area contributed by atoms with Crippen LogP contribution >= 0.6 is 15.9 Å². The molecule has 1 saturated heterocycles. The molecule has 2 fully saturated rings. The van der Waals surface area contributed by atoms with Crippen molar-refractivity contribution in [2.24, 2.45) is 0 Å². The third-order valence-electron chi connectivity index (χ3n) is 4.29. The Morgan fingerprint density at radius 1 is 1.47 bits per heavy atom. The van der Waals surface area contributed by atoms with Gasteiger partial charge in [-0.25, -0.2) is 4.39 Å². The summed E-state index contributed by atoms with van der Waals surface area (Å²) < 4.78 is 14.0. The molecular weight excluding hydrogens is 309 g/mol. The second kappa shape index (κ2) is 4.83. The molecular formula is C15H19BrFNO. The summed E-state index contributed by atoms with van der Waals surface area (Å²) in [4.78, 5) is 2.41. The molecule has 1 N–H and O–H groups in total. The predicted octanol–water partition coefficient (Wildman–Crippen LogP) is 3.12. The van der Waals surface area contributed by atoms with Crippen molar-refractivity contribution in [1.29, 1.82) is 0 Å². The van der Waals surface area contributed by atoms with E-state index in [9.17, 15) is 9.50 Å². The van der Waals surface area contributed by atoms with Crippen LogP contribution in [-0.4, -0.2) is 34.2 Å². The fourth-order valence-corrected chi connectivity index (χ4v) is 3.69. The largest absolute Gasteiger partial charge is 0.388 e. The Labute approximate surface area is 121 Å². The van der Waals surface area contributed by atoms with Gasteiger partial charge in [-0.1, -0.05) is 12.1 Å². The van der Waals surface area contributed by atoms with Crippen molar-refractivity contribution in [3.8, 4) is 0 Å². The monoisotopic (exact) mass is 327 g/mol. The first kappa shape index (κ1) is 13.5. The van der Waals surface area contributed by atoms with Gasteiger partial charge in [0.25, 0.3) is 0 Å². The average molecular weight is 328 g/mol. The maximum atomic E-state index is 13.5. The molecule has 2 aliphatic rings. The van der Waals surface area contributed by atoms with Crippen LogP contribution in [0.4, 0.5) is 4.39 Å². The van der Waals surface area contributed by atoms with Gasteiger partial charge in [0.05, 0.1) is 10.1 Å². The Morgan fingerprint density at radius 3 is 2.89 bits per heavy atom. The normalized spacial score (nSPS) is 31.9. The van der Waals surface area contributed by atoms with Crippen LogP contribution in [0.2, 0.25) is 0 Å². The van der Waals surface area contributed by atoms with Gasteiger partial charge in [0.1, 0.15) is 5.82 Å². The Bertz CT molecular complexity index is 491. The van der Waals surface area contributed by atoms with Crippen molar-refractivity contribution in [2.75, 3.05) is 6.54 Å². The number of rotatable bonds is 3. The number of likely N-dealkylation sites (tertiary alicyclic amines) is 1. The average Bonchev–Trinajstić information content (AvgIpc) is 3.12. The summed E-state index contributed by atoms with van der Waals surface area (Å²) in [5, 5.41) is 10.8. The first-order chi connectivity index (χ1) is 8.98. The van der Waals surface area contributed by atoms with Crippen LogP contribution in [0.25, 0.3) is 0 Å². The standard InChI is InChI=1S/C15H19BrFNO/c1-10-7-15(19,9-18(10)12-5-6-12)8-11-3-2-4-13(17)14(11)16/h2-4,10,12,19H,5-9H2,1H3. The summed E-state index contributed by atoms with van der Waals surface area (Å²) in [7, 11) is 0. The summed E-state index contributed by atoms with van der Waals surface area (Å²) in [5.74, 6) is -0.258. The zero-order chi connectivity index (χ0) is 13.6. The fraction of sp³-hybridized carbons (Fsp3) is 0.600. The van der Waals surface area contributed by atoms with E-state index in [1.54, 1.807) is 6.07 Å². The molecule has 1 aromatic rings. The molecule has 104 valence electrons. The topological polar surface area (TPSA) is 23.5 Å². The number of halogens is 2. The van der Waals surface area contributed by atoms with E-state index in [-0.39, 0.29) is 5.82 Å². The van der Waals surface area contributed by atoms with Crippen molar-refractivity contribution in [1.82, 2.24) is 4.90 Å². The lowest BCUT2D eigenvalue weighted by molar-refractivity contribution is 0.0485. The van der Waals surface area contributed by atoms with E-state index in [0.717, 1.165) is 12.0 Å². The molecule has 2 nitrogen and oxygen atoms in total. The Kier molecular flexibility index (Phi) is 3.44. The second-order valence-corrected chi connectivity index (χ2v) is 6.86. The van der Waals surface area contributed by atoms with E-state index in [1.807, 2.05) is 6.07 Å². The number of benzene rings is 1. The van der Waals surface area contributed by atoms with Gasteiger partial charge < -0.3 is 5.11 Å². The zero-order valence-electron chi connectivity index (χ0n) is 11.1. The molecule has 1 aliphatic heterocycles. The van der Waals surface area contributed by atoms with E-state index < -0.39 is 5.60 Å². The first-order valence-electron chi connectivity index (χ1n) is 6.89. The highest BCUT2D eigenvalue weighted by Gasteiger charge is 2.46. The van der Waals surface area contributed by atoms with Crippen LogP contribution in [0, 0.1) is 5.82 Å². The van der Waals surface area contributed by atoms with Crippen molar-refractivity contribution in [3.63, 3.8) is 0 Å². The van der Waals surface area contributed by atoms with Gasteiger partial charge in [-0.2, -0.15) is 0 Å². The number of β-amino-alcohol motifs (C(OH)–C–C–N with tert-alkyl or cyclic N) is 1. The van der Waals surface area contributed by atoms with Gasteiger partial charge in [0, 0.05) is 25.0 Å². The lowest BCUT2D eigenvalue weighted by Crippen LogP contribution is -2.36. The Hall–Kier alpha value is -0.450. The summed E-state index contributed by atoms with van der Waals surface area (Å²) in [6, 6.07) is 6.11. The van der Waals surface area contributed by atoms with Crippen LogP contribution in [0.15, 0.2) is 22.7 Å². The summed E-state index contributed by atoms with van der Waals surface area (Å²) >= 11 is 3.28. The highest BCUT2D eigenvalue weighted by atomic mass is 79.9. The van der Waals surface area contributed by atoms with E-state index in [4.69, 9.17) is 0 Å². The molecule has 2 atom stereocenters. The van der Waals surface area contributed by atoms with Crippen LogP contribution in [-0.2, 0) is 6.42 Å². The van der Waals surface area contributed by atoms with Gasteiger partial charge >= 0.3 is 0 Å². The molecule has 1 saturated carbocycles. The Morgan fingerprint density at radius 2 is 2.21 bits per heavy atom. The van der Waals surface area contributed by atoms with Gasteiger partial charge in [-0.3, -0.25) is 4.90 Å². The van der Waals surface area contributed by atoms with Crippen molar-refractivity contribution in [2.45, 2.75) is 50.3 Å². The molecule has 0 spiro atoms. The molecule has 4 heteroatoms. The third-order valence-corrected chi connectivity index (χ3v) is 5.17. The number of nitrogens with zero attached hydrogens (tertiary/aromatic N) is 1. The zero-order valence-corrected chi connectivity index (χ0v) is 12.7. The second-order valence-electron chi connectivity index (χ2n) is 6.07. The molecule has 1 aromatic carbocycles. The highest BCUT2D eigenvalue weighted by molar-refractivity contribution is 9.10. The summed E-state index contributed by atoms with van der Waals surface area (Å²) in [6.45, 7) is 2.89. The number of aliphatic hydroxyl groups is 1. The molecule has 0 radical (unpaired) electrons. The van der Waals surface area contributed by atoms with Crippen molar-refractivity contribution in [3.05, 3.63) is 34.1 Å². The number of hydrogen-bond donors (Lipinski definition) is 1. The minimum absolute atomic E-state index is 0.258. The molecule has 2 unspecified atom stereocenters. The maximum absolute atomic E-state index is 13.5. The molecule has 19 heavy (non-hydrogen) atoms. The molecule has 3 rings (SSSR count). The minimum Gasteiger partial charge on any atom is -0.388 e. The smallest absolute Gasteiger partial charge is 0.137 e. The van der Waals surface area contributed by atoms with Crippen molar-refractivity contribution >= 4 is 15.9 Å². The number of hydrogen-bond acceptors (Lipinski definition) is 2. The molecule has 0 aromatic heterocycles. The summed E-state index contributed by atoms with van der Waals surface area (Å²) in [5.41, 5.74) is 0.130. The molecule has 0 bridgehead atoms. The maximum Gasteiger partial charge on any atom is 0.137 e. The lowest BCUT2D eigenvalue weighted by Gasteiger charge is -2.24.